The van der Waals surface area contributed by atoms with Crippen LogP contribution < -0.4 is 15.4 Å². The molecule has 0 aromatic heterocycles. The van der Waals surface area contributed by atoms with Gasteiger partial charge in [0.2, 0.25) is 0 Å². The van der Waals surface area contributed by atoms with Gasteiger partial charge in [0, 0.05) is 12.6 Å². The molecule has 0 bridgehead atoms. The third-order valence-electron chi connectivity index (χ3n) is 3.59. The van der Waals surface area contributed by atoms with E-state index in [4.69, 9.17) is 4.74 Å². The van der Waals surface area contributed by atoms with Crippen LogP contribution in [0.1, 0.15) is 20.3 Å². The van der Waals surface area contributed by atoms with Crippen LogP contribution in [-0.4, -0.2) is 51.1 Å². The van der Waals surface area contributed by atoms with Gasteiger partial charge in [-0.05, 0) is 32.4 Å². The van der Waals surface area contributed by atoms with Gasteiger partial charge in [0.25, 0.3) is 0 Å². The van der Waals surface area contributed by atoms with Crippen LogP contribution in [0.25, 0.3) is 0 Å². The molecule has 0 spiro atoms. The molecule has 134 valence electrons. The second-order valence-electron chi connectivity index (χ2n) is 5.82. The summed E-state index contributed by atoms with van der Waals surface area (Å²) in [4.78, 5) is 4.40. The quantitative estimate of drug-likeness (QED) is 0.593. The Labute approximate surface area is 142 Å². The number of para-hydroxylation sites is 1. The summed E-state index contributed by atoms with van der Waals surface area (Å²) in [5, 5.41) is 6.22. The number of rotatable bonds is 6. The number of aliphatic imine (C=N–C) groups is 1. The zero-order chi connectivity index (χ0) is 17.6. The molecule has 2 N–H and O–H groups in total. The monoisotopic (exact) mass is 357 g/mol. The number of ether oxygens (including phenoxy) is 1. The number of hydrogen-bond acceptors (Lipinski definition) is 4. The summed E-state index contributed by atoms with van der Waals surface area (Å²) in [5.74, 6) is 0.661. The molecule has 1 saturated heterocycles. The van der Waals surface area contributed by atoms with Gasteiger partial charge in [0.1, 0.15) is 6.10 Å². The van der Waals surface area contributed by atoms with Crippen molar-refractivity contribution in [1.29, 1.82) is 0 Å². The largest absolute Gasteiger partial charge is 0.486 e. The second-order valence-corrected chi connectivity index (χ2v) is 8.05. The molecule has 8 heteroatoms. The van der Waals surface area contributed by atoms with E-state index in [0.29, 0.717) is 25.5 Å². The molecule has 24 heavy (non-hydrogen) atoms. The Bertz CT molecular complexity index is 679. The van der Waals surface area contributed by atoms with Crippen molar-refractivity contribution in [3.05, 3.63) is 30.1 Å². The lowest BCUT2D eigenvalue weighted by molar-refractivity contribution is 0.220. The first-order chi connectivity index (χ1) is 11.4. The SMILES string of the molecule is CCNC(=NCC(C)Oc1ccccc1F)NC1CCS(=O)(=O)C1. The van der Waals surface area contributed by atoms with E-state index in [1.165, 1.54) is 6.07 Å². The van der Waals surface area contributed by atoms with Crippen LogP contribution in [0.5, 0.6) is 5.75 Å². The zero-order valence-electron chi connectivity index (χ0n) is 14.0. The highest BCUT2D eigenvalue weighted by molar-refractivity contribution is 7.91. The Kier molecular flexibility index (Phi) is 6.42. The first-order valence-electron chi connectivity index (χ1n) is 8.06. The maximum atomic E-state index is 13.6. The molecule has 0 aliphatic carbocycles. The summed E-state index contributed by atoms with van der Waals surface area (Å²) in [6.45, 7) is 4.72. The van der Waals surface area contributed by atoms with E-state index in [1.807, 2.05) is 6.92 Å². The minimum atomic E-state index is -2.94. The summed E-state index contributed by atoms with van der Waals surface area (Å²) in [6.07, 6.45) is 0.262. The Hall–Kier alpha value is -1.83. The van der Waals surface area contributed by atoms with Gasteiger partial charge in [0.05, 0.1) is 18.1 Å². The average molecular weight is 357 g/mol. The summed E-state index contributed by atoms with van der Waals surface area (Å²) >= 11 is 0. The molecule has 1 aromatic carbocycles. The zero-order valence-corrected chi connectivity index (χ0v) is 14.8. The van der Waals surface area contributed by atoms with Crippen LogP contribution in [0, 0.1) is 5.82 Å². The van der Waals surface area contributed by atoms with Crippen molar-refractivity contribution < 1.29 is 17.5 Å². The van der Waals surface area contributed by atoms with Crippen molar-refractivity contribution in [3.63, 3.8) is 0 Å². The fourth-order valence-electron chi connectivity index (χ4n) is 2.44. The molecule has 6 nitrogen and oxygen atoms in total. The summed E-state index contributed by atoms with van der Waals surface area (Å²) in [5.41, 5.74) is 0. The minimum Gasteiger partial charge on any atom is -0.486 e. The third-order valence-corrected chi connectivity index (χ3v) is 5.36. The van der Waals surface area contributed by atoms with E-state index >= 15 is 0 Å². The smallest absolute Gasteiger partial charge is 0.191 e. The Morgan fingerprint density at radius 3 is 2.83 bits per heavy atom. The lowest BCUT2D eigenvalue weighted by Crippen LogP contribution is -2.44. The average Bonchev–Trinajstić information content (AvgIpc) is 2.86. The maximum Gasteiger partial charge on any atom is 0.191 e. The van der Waals surface area contributed by atoms with Gasteiger partial charge in [-0.2, -0.15) is 0 Å². The van der Waals surface area contributed by atoms with Crippen LogP contribution >= 0.6 is 0 Å². The lowest BCUT2D eigenvalue weighted by Gasteiger charge is -2.17. The maximum absolute atomic E-state index is 13.6. The highest BCUT2D eigenvalue weighted by Crippen LogP contribution is 2.17. The van der Waals surface area contributed by atoms with E-state index in [-0.39, 0.29) is 29.4 Å². The molecule has 2 rings (SSSR count). The standard InChI is InChI=1S/C16H24FN3O3S/c1-3-18-16(20-13-8-9-24(21,22)11-13)19-10-12(2)23-15-7-5-4-6-14(15)17/h4-7,12-13H,3,8-11H2,1-2H3,(H2,18,19,20). The predicted octanol–water partition coefficient (Wildman–Crippen LogP) is 1.34. The van der Waals surface area contributed by atoms with Crippen LogP contribution in [0.3, 0.4) is 0 Å². The number of sulfone groups is 1. The van der Waals surface area contributed by atoms with Gasteiger partial charge in [-0.1, -0.05) is 12.1 Å². The van der Waals surface area contributed by atoms with Crippen LogP contribution in [-0.2, 0) is 9.84 Å². The van der Waals surface area contributed by atoms with E-state index < -0.39 is 15.7 Å². The number of hydrogen-bond donors (Lipinski definition) is 2. The van der Waals surface area contributed by atoms with E-state index in [0.717, 1.165) is 0 Å². The van der Waals surface area contributed by atoms with Crippen LogP contribution in [0.15, 0.2) is 29.3 Å². The lowest BCUT2D eigenvalue weighted by atomic mass is 10.3. The molecule has 2 unspecified atom stereocenters. The second kappa shape index (κ2) is 8.32. The van der Waals surface area contributed by atoms with Crippen molar-refractivity contribution >= 4 is 15.8 Å². The van der Waals surface area contributed by atoms with Gasteiger partial charge in [-0.25, -0.2) is 17.8 Å². The molecular weight excluding hydrogens is 333 g/mol. The normalized spacial score (nSPS) is 21.3. The molecule has 1 aliphatic heterocycles. The highest BCUT2D eigenvalue weighted by Gasteiger charge is 2.28. The molecule has 1 aliphatic rings. The fraction of sp³-hybridized carbons (Fsp3) is 0.562. The molecule has 0 amide bonds. The van der Waals surface area contributed by atoms with E-state index in [1.54, 1.807) is 25.1 Å². The van der Waals surface area contributed by atoms with Gasteiger partial charge >= 0.3 is 0 Å². The fourth-order valence-corrected chi connectivity index (χ4v) is 4.11. The molecule has 1 heterocycles. The van der Waals surface area contributed by atoms with Gasteiger partial charge in [0.15, 0.2) is 27.4 Å². The van der Waals surface area contributed by atoms with Crippen molar-refractivity contribution in [2.24, 2.45) is 4.99 Å². The van der Waals surface area contributed by atoms with Gasteiger partial charge in [-0.3, -0.25) is 0 Å². The number of benzene rings is 1. The van der Waals surface area contributed by atoms with Crippen molar-refractivity contribution in [1.82, 2.24) is 10.6 Å². The molecule has 1 aromatic rings. The minimum absolute atomic E-state index is 0.124. The highest BCUT2D eigenvalue weighted by atomic mass is 32.2. The van der Waals surface area contributed by atoms with E-state index in [2.05, 4.69) is 15.6 Å². The summed E-state index contributed by atoms with van der Waals surface area (Å²) in [7, 11) is -2.94. The third kappa shape index (κ3) is 5.67. The van der Waals surface area contributed by atoms with Gasteiger partial charge < -0.3 is 15.4 Å². The summed E-state index contributed by atoms with van der Waals surface area (Å²) in [6, 6.07) is 6.10. The molecule has 2 atom stereocenters. The Balaban J connectivity index is 1.91. The molecular formula is C16H24FN3O3S. The number of nitrogens with one attached hydrogen (secondary N) is 2. The topological polar surface area (TPSA) is 79.8 Å². The molecule has 0 radical (unpaired) electrons. The van der Waals surface area contributed by atoms with Gasteiger partial charge in [-0.15, -0.1) is 0 Å². The predicted molar refractivity (Wildman–Crippen MR) is 92.7 cm³/mol. The number of nitrogens with zero attached hydrogens (tertiary/aromatic N) is 1. The number of halogens is 1. The first-order valence-corrected chi connectivity index (χ1v) is 9.88. The van der Waals surface area contributed by atoms with Crippen molar-refractivity contribution in [2.75, 3.05) is 24.6 Å². The van der Waals surface area contributed by atoms with Crippen LogP contribution in [0.2, 0.25) is 0 Å². The van der Waals surface area contributed by atoms with Crippen molar-refractivity contribution in [3.8, 4) is 5.75 Å². The first kappa shape index (κ1) is 18.5. The van der Waals surface area contributed by atoms with E-state index in [9.17, 15) is 12.8 Å². The number of guanidine groups is 1. The van der Waals surface area contributed by atoms with Crippen molar-refractivity contribution in [2.45, 2.75) is 32.4 Å². The molecule has 1 fully saturated rings. The van der Waals surface area contributed by atoms with Crippen LogP contribution in [0.4, 0.5) is 4.39 Å². The molecule has 0 saturated carbocycles. The Morgan fingerprint density at radius 2 is 2.21 bits per heavy atom. The Morgan fingerprint density at radius 1 is 1.46 bits per heavy atom. The summed E-state index contributed by atoms with van der Waals surface area (Å²) < 4.78 is 42.2.